The summed E-state index contributed by atoms with van der Waals surface area (Å²) in [4.78, 5) is 11.7. The van der Waals surface area contributed by atoms with E-state index in [9.17, 15) is 18.0 Å². The first-order valence-corrected chi connectivity index (χ1v) is 6.79. The van der Waals surface area contributed by atoms with Gasteiger partial charge in [-0.1, -0.05) is 19.1 Å². The molecule has 2 unspecified atom stereocenters. The molecular formula is C14H17ClF3NO. The number of hydrogen-bond acceptors (Lipinski definition) is 1. The van der Waals surface area contributed by atoms with Crippen molar-refractivity contribution >= 4 is 17.5 Å². The van der Waals surface area contributed by atoms with E-state index in [0.717, 1.165) is 12.1 Å². The molecule has 0 saturated carbocycles. The van der Waals surface area contributed by atoms with E-state index in [0.29, 0.717) is 11.4 Å². The lowest BCUT2D eigenvalue weighted by Gasteiger charge is -2.19. The number of rotatable bonds is 5. The van der Waals surface area contributed by atoms with Crippen molar-refractivity contribution in [3.63, 3.8) is 0 Å². The fourth-order valence-electron chi connectivity index (χ4n) is 1.58. The SMILES string of the molecule is CC(CCl)C(C)NC(=O)Cc1ccc(C(F)(F)F)cc1. The lowest BCUT2D eigenvalue weighted by Crippen LogP contribution is -2.38. The third kappa shape index (κ3) is 5.04. The molecular weight excluding hydrogens is 291 g/mol. The van der Waals surface area contributed by atoms with Crippen molar-refractivity contribution in [2.24, 2.45) is 5.92 Å². The first kappa shape index (κ1) is 16.8. The van der Waals surface area contributed by atoms with Crippen LogP contribution in [0.2, 0.25) is 0 Å². The maximum absolute atomic E-state index is 12.4. The molecule has 0 aliphatic rings. The summed E-state index contributed by atoms with van der Waals surface area (Å²) in [6.07, 6.45) is -4.30. The molecule has 0 fully saturated rings. The monoisotopic (exact) mass is 307 g/mol. The van der Waals surface area contributed by atoms with E-state index in [-0.39, 0.29) is 24.3 Å². The lowest BCUT2D eigenvalue weighted by molar-refractivity contribution is -0.137. The zero-order valence-corrected chi connectivity index (χ0v) is 12.1. The summed E-state index contributed by atoms with van der Waals surface area (Å²) < 4.78 is 37.2. The van der Waals surface area contributed by atoms with Crippen LogP contribution in [0.25, 0.3) is 0 Å². The molecule has 1 rings (SSSR count). The standard InChI is InChI=1S/C14H17ClF3NO/c1-9(8-15)10(2)19-13(20)7-11-3-5-12(6-4-11)14(16,17)18/h3-6,9-10H,7-8H2,1-2H3,(H,19,20). The van der Waals surface area contributed by atoms with Crippen molar-refractivity contribution in [3.8, 4) is 0 Å². The lowest BCUT2D eigenvalue weighted by atomic mass is 10.0. The number of benzene rings is 1. The minimum Gasteiger partial charge on any atom is -0.353 e. The maximum Gasteiger partial charge on any atom is 0.416 e. The van der Waals surface area contributed by atoms with E-state index in [1.54, 1.807) is 0 Å². The predicted octanol–water partition coefficient (Wildman–Crippen LogP) is 3.63. The van der Waals surface area contributed by atoms with Gasteiger partial charge in [-0.3, -0.25) is 4.79 Å². The van der Waals surface area contributed by atoms with E-state index in [1.165, 1.54) is 12.1 Å². The second-order valence-electron chi connectivity index (χ2n) is 4.86. The van der Waals surface area contributed by atoms with E-state index in [2.05, 4.69) is 5.32 Å². The van der Waals surface area contributed by atoms with Crippen LogP contribution in [0.5, 0.6) is 0 Å². The summed E-state index contributed by atoms with van der Waals surface area (Å²) in [6, 6.07) is 4.52. The summed E-state index contributed by atoms with van der Waals surface area (Å²) in [5.74, 6) is 0.337. The Morgan fingerprint density at radius 1 is 1.25 bits per heavy atom. The molecule has 0 saturated heterocycles. The molecule has 6 heteroatoms. The molecule has 0 radical (unpaired) electrons. The van der Waals surface area contributed by atoms with Crippen LogP contribution in [0.4, 0.5) is 13.2 Å². The van der Waals surface area contributed by atoms with Crippen LogP contribution in [0, 0.1) is 5.92 Å². The molecule has 0 aliphatic carbocycles. The van der Waals surface area contributed by atoms with Crippen molar-refractivity contribution in [2.75, 3.05) is 5.88 Å². The minimum absolute atomic E-state index is 0.0531. The molecule has 2 nitrogen and oxygen atoms in total. The van der Waals surface area contributed by atoms with Crippen molar-refractivity contribution in [1.82, 2.24) is 5.32 Å². The third-order valence-electron chi connectivity index (χ3n) is 3.13. The number of hydrogen-bond donors (Lipinski definition) is 1. The highest BCUT2D eigenvalue weighted by Gasteiger charge is 2.30. The Balaban J connectivity index is 2.59. The van der Waals surface area contributed by atoms with Crippen LogP contribution in [-0.4, -0.2) is 17.8 Å². The summed E-state index contributed by atoms with van der Waals surface area (Å²) in [5.41, 5.74) is -0.174. The van der Waals surface area contributed by atoms with Gasteiger partial charge in [0.25, 0.3) is 0 Å². The fraction of sp³-hybridized carbons (Fsp3) is 0.500. The highest BCUT2D eigenvalue weighted by molar-refractivity contribution is 6.18. The highest BCUT2D eigenvalue weighted by Crippen LogP contribution is 2.29. The molecule has 112 valence electrons. The van der Waals surface area contributed by atoms with Crippen molar-refractivity contribution in [3.05, 3.63) is 35.4 Å². The summed E-state index contributed by atoms with van der Waals surface area (Å²) in [6.45, 7) is 3.76. The molecule has 2 atom stereocenters. The third-order valence-corrected chi connectivity index (χ3v) is 3.62. The van der Waals surface area contributed by atoms with Crippen molar-refractivity contribution < 1.29 is 18.0 Å². The molecule has 20 heavy (non-hydrogen) atoms. The zero-order chi connectivity index (χ0) is 15.3. The Hall–Kier alpha value is -1.23. The summed E-state index contributed by atoms with van der Waals surface area (Å²) >= 11 is 5.69. The number of halogens is 4. The molecule has 0 aliphatic heterocycles. The van der Waals surface area contributed by atoms with Crippen LogP contribution in [0.1, 0.15) is 25.0 Å². The number of alkyl halides is 4. The molecule has 0 aromatic heterocycles. The second kappa shape index (κ2) is 6.97. The Kier molecular flexibility index (Phi) is 5.87. The quantitative estimate of drug-likeness (QED) is 0.827. The molecule has 0 bridgehead atoms. The van der Waals surface area contributed by atoms with Crippen LogP contribution in [0.15, 0.2) is 24.3 Å². The van der Waals surface area contributed by atoms with Gasteiger partial charge in [0.1, 0.15) is 0 Å². The van der Waals surface area contributed by atoms with Gasteiger partial charge in [-0.05, 0) is 30.5 Å². The topological polar surface area (TPSA) is 29.1 Å². The predicted molar refractivity (Wildman–Crippen MR) is 72.6 cm³/mol. The van der Waals surface area contributed by atoms with Gasteiger partial charge in [0, 0.05) is 11.9 Å². The number of carbonyl (C=O) groups is 1. The first-order valence-electron chi connectivity index (χ1n) is 6.25. The normalized spacial score (nSPS) is 14.7. The van der Waals surface area contributed by atoms with Gasteiger partial charge in [0.15, 0.2) is 0 Å². The average molecular weight is 308 g/mol. The molecule has 0 spiro atoms. The van der Waals surface area contributed by atoms with Gasteiger partial charge < -0.3 is 5.32 Å². The largest absolute Gasteiger partial charge is 0.416 e. The highest BCUT2D eigenvalue weighted by atomic mass is 35.5. The van der Waals surface area contributed by atoms with Gasteiger partial charge in [-0.25, -0.2) is 0 Å². The number of nitrogens with one attached hydrogen (secondary N) is 1. The molecule has 1 amide bonds. The maximum atomic E-state index is 12.4. The smallest absolute Gasteiger partial charge is 0.353 e. The number of carbonyl (C=O) groups excluding carboxylic acids is 1. The minimum atomic E-state index is -4.36. The Morgan fingerprint density at radius 3 is 2.25 bits per heavy atom. The Labute approximate surface area is 121 Å². The fourth-order valence-corrected chi connectivity index (χ4v) is 1.85. The van der Waals surface area contributed by atoms with Gasteiger partial charge in [0.05, 0.1) is 12.0 Å². The summed E-state index contributed by atoms with van der Waals surface area (Å²) in [5, 5.41) is 2.78. The van der Waals surface area contributed by atoms with Crippen LogP contribution >= 0.6 is 11.6 Å². The van der Waals surface area contributed by atoms with Crippen molar-refractivity contribution in [1.29, 1.82) is 0 Å². The second-order valence-corrected chi connectivity index (χ2v) is 5.17. The van der Waals surface area contributed by atoms with Gasteiger partial charge >= 0.3 is 6.18 Å². The Bertz CT molecular complexity index is 445. The molecule has 0 heterocycles. The van der Waals surface area contributed by atoms with Crippen molar-refractivity contribution in [2.45, 2.75) is 32.5 Å². The zero-order valence-electron chi connectivity index (χ0n) is 11.3. The molecule has 1 aromatic carbocycles. The molecule has 1 N–H and O–H groups in total. The Morgan fingerprint density at radius 2 is 1.80 bits per heavy atom. The van der Waals surface area contributed by atoms with Gasteiger partial charge in [-0.2, -0.15) is 13.2 Å². The van der Waals surface area contributed by atoms with Crippen LogP contribution in [-0.2, 0) is 17.4 Å². The van der Waals surface area contributed by atoms with Crippen LogP contribution < -0.4 is 5.32 Å². The van der Waals surface area contributed by atoms with E-state index in [4.69, 9.17) is 11.6 Å². The van der Waals surface area contributed by atoms with E-state index < -0.39 is 11.7 Å². The van der Waals surface area contributed by atoms with E-state index >= 15 is 0 Å². The average Bonchev–Trinajstić information content (AvgIpc) is 2.37. The first-order chi connectivity index (χ1) is 9.24. The van der Waals surface area contributed by atoms with Gasteiger partial charge in [0.2, 0.25) is 5.91 Å². The van der Waals surface area contributed by atoms with Gasteiger partial charge in [-0.15, -0.1) is 11.6 Å². The summed E-state index contributed by atoms with van der Waals surface area (Å²) in [7, 11) is 0. The number of amides is 1. The van der Waals surface area contributed by atoms with Crippen LogP contribution in [0.3, 0.4) is 0 Å². The molecule has 1 aromatic rings. The van der Waals surface area contributed by atoms with E-state index in [1.807, 2.05) is 13.8 Å².